The number of amides is 1. The molecule has 0 spiro atoms. The van der Waals surface area contributed by atoms with E-state index >= 15 is 0 Å². The second-order valence-corrected chi connectivity index (χ2v) is 7.27. The summed E-state index contributed by atoms with van der Waals surface area (Å²) in [7, 11) is 1.49. The molecule has 0 aliphatic heterocycles. The maximum Gasteiger partial charge on any atom is 0.412 e. The second-order valence-electron chi connectivity index (χ2n) is 7.27. The van der Waals surface area contributed by atoms with E-state index in [4.69, 9.17) is 9.47 Å². The Labute approximate surface area is 157 Å². The van der Waals surface area contributed by atoms with Gasteiger partial charge in [-0.1, -0.05) is 18.2 Å². The minimum atomic E-state index is -0.705. The van der Waals surface area contributed by atoms with E-state index in [0.29, 0.717) is 12.3 Å². The van der Waals surface area contributed by atoms with E-state index < -0.39 is 17.5 Å². The summed E-state index contributed by atoms with van der Waals surface area (Å²) in [6, 6.07) is 12.9. The number of benzene rings is 2. The molecule has 0 radical (unpaired) electrons. The predicted octanol–water partition coefficient (Wildman–Crippen LogP) is 5.18. The fourth-order valence-electron chi connectivity index (χ4n) is 2.88. The number of carbonyl (C=O) groups excluding carboxylic acids is 1. The van der Waals surface area contributed by atoms with E-state index in [-0.39, 0.29) is 5.69 Å². The fraction of sp³-hybridized carbons (Fsp3) is 0.286. The van der Waals surface area contributed by atoms with Crippen molar-refractivity contribution in [3.8, 4) is 5.75 Å². The van der Waals surface area contributed by atoms with E-state index in [1.165, 1.54) is 13.2 Å². The standard InChI is InChI=1S/C21H23FN2O3/c1-21(2,3)27-20(25)23-17-11-15(19(26-4)12-16(17)22)13-24-10-9-14-7-5-6-8-18(14)24/h5-12H,13H2,1-4H3,(H,23,25). The lowest BCUT2D eigenvalue weighted by molar-refractivity contribution is 0.0635. The highest BCUT2D eigenvalue weighted by atomic mass is 19.1. The molecule has 0 aliphatic carbocycles. The molecule has 0 saturated carbocycles. The summed E-state index contributed by atoms with van der Waals surface area (Å²) in [5.74, 6) is -0.168. The number of carbonyl (C=O) groups is 1. The van der Waals surface area contributed by atoms with Crippen molar-refractivity contribution in [1.82, 2.24) is 4.57 Å². The lowest BCUT2D eigenvalue weighted by atomic mass is 10.1. The van der Waals surface area contributed by atoms with Crippen molar-refractivity contribution in [3.05, 3.63) is 60.0 Å². The Morgan fingerprint density at radius 3 is 2.63 bits per heavy atom. The van der Waals surface area contributed by atoms with Gasteiger partial charge in [0.15, 0.2) is 5.82 Å². The van der Waals surface area contributed by atoms with Gasteiger partial charge >= 0.3 is 6.09 Å². The third-order valence-corrected chi connectivity index (χ3v) is 4.03. The number of methoxy groups -OCH3 is 1. The van der Waals surface area contributed by atoms with Crippen LogP contribution in [-0.2, 0) is 11.3 Å². The van der Waals surface area contributed by atoms with Crippen LogP contribution in [0.3, 0.4) is 0 Å². The van der Waals surface area contributed by atoms with E-state index in [0.717, 1.165) is 16.5 Å². The molecule has 6 heteroatoms. The van der Waals surface area contributed by atoms with Crippen LogP contribution >= 0.6 is 0 Å². The zero-order chi connectivity index (χ0) is 19.6. The van der Waals surface area contributed by atoms with Gasteiger partial charge in [-0.3, -0.25) is 5.32 Å². The molecule has 0 unspecified atom stereocenters. The van der Waals surface area contributed by atoms with E-state index in [9.17, 15) is 9.18 Å². The smallest absolute Gasteiger partial charge is 0.412 e. The zero-order valence-electron chi connectivity index (χ0n) is 15.9. The summed E-state index contributed by atoms with van der Waals surface area (Å²) in [4.78, 5) is 12.0. The Hall–Kier alpha value is -3.02. The van der Waals surface area contributed by atoms with Gasteiger partial charge in [-0.05, 0) is 44.4 Å². The Balaban J connectivity index is 1.91. The summed E-state index contributed by atoms with van der Waals surface area (Å²) in [5, 5.41) is 3.59. The normalized spacial score (nSPS) is 11.4. The maximum absolute atomic E-state index is 14.4. The Kier molecular flexibility index (Phi) is 5.08. The summed E-state index contributed by atoms with van der Waals surface area (Å²) in [5.41, 5.74) is 1.19. The molecule has 1 N–H and O–H groups in total. The molecule has 0 atom stereocenters. The van der Waals surface area contributed by atoms with E-state index in [1.807, 2.05) is 41.1 Å². The van der Waals surface area contributed by atoms with Crippen molar-refractivity contribution < 1.29 is 18.7 Å². The molecular weight excluding hydrogens is 347 g/mol. The van der Waals surface area contributed by atoms with Gasteiger partial charge in [0.05, 0.1) is 19.3 Å². The lowest BCUT2D eigenvalue weighted by Gasteiger charge is -2.20. The molecule has 0 aliphatic rings. The minimum Gasteiger partial charge on any atom is -0.496 e. The van der Waals surface area contributed by atoms with Crippen molar-refractivity contribution in [3.63, 3.8) is 0 Å². The van der Waals surface area contributed by atoms with Gasteiger partial charge in [0.1, 0.15) is 11.4 Å². The largest absolute Gasteiger partial charge is 0.496 e. The summed E-state index contributed by atoms with van der Waals surface area (Å²) >= 11 is 0. The molecule has 3 rings (SSSR count). The number of nitrogens with zero attached hydrogens (tertiary/aromatic N) is 1. The molecule has 27 heavy (non-hydrogen) atoms. The number of aromatic nitrogens is 1. The quantitative estimate of drug-likeness (QED) is 0.688. The van der Waals surface area contributed by atoms with E-state index in [1.54, 1.807) is 26.8 Å². The van der Waals surface area contributed by atoms with Crippen LogP contribution in [0.1, 0.15) is 26.3 Å². The summed E-state index contributed by atoms with van der Waals surface area (Å²) < 4.78 is 27.0. The van der Waals surface area contributed by atoms with Crippen LogP contribution < -0.4 is 10.1 Å². The average Bonchev–Trinajstić information content (AvgIpc) is 2.99. The first kappa shape index (κ1) is 18.8. The molecule has 0 fully saturated rings. The minimum absolute atomic E-state index is 0.0523. The molecule has 1 aromatic heterocycles. The first-order valence-corrected chi connectivity index (χ1v) is 8.67. The van der Waals surface area contributed by atoms with Crippen LogP contribution in [-0.4, -0.2) is 23.4 Å². The van der Waals surface area contributed by atoms with Crippen molar-refractivity contribution in [2.45, 2.75) is 32.9 Å². The number of rotatable bonds is 4. The zero-order valence-corrected chi connectivity index (χ0v) is 15.9. The number of hydrogen-bond acceptors (Lipinski definition) is 3. The number of hydrogen-bond donors (Lipinski definition) is 1. The number of fused-ring (bicyclic) bond motifs is 1. The van der Waals surface area contributed by atoms with Crippen molar-refractivity contribution >= 4 is 22.7 Å². The van der Waals surface area contributed by atoms with Crippen LogP contribution in [0.5, 0.6) is 5.75 Å². The van der Waals surface area contributed by atoms with Crippen LogP contribution in [0.15, 0.2) is 48.7 Å². The highest BCUT2D eigenvalue weighted by molar-refractivity contribution is 5.85. The Morgan fingerprint density at radius 2 is 1.93 bits per heavy atom. The number of halogens is 1. The molecule has 5 nitrogen and oxygen atoms in total. The number of nitrogens with one attached hydrogen (secondary N) is 1. The van der Waals surface area contributed by atoms with Crippen LogP contribution in [0, 0.1) is 5.82 Å². The third kappa shape index (κ3) is 4.39. The number of anilines is 1. The van der Waals surface area contributed by atoms with Crippen molar-refractivity contribution in [2.24, 2.45) is 0 Å². The SMILES string of the molecule is COc1cc(F)c(NC(=O)OC(C)(C)C)cc1Cn1ccc2ccccc21. The van der Waals surface area contributed by atoms with Gasteiger partial charge < -0.3 is 14.0 Å². The summed E-state index contributed by atoms with van der Waals surface area (Å²) in [6.07, 6.45) is 1.26. The molecule has 1 heterocycles. The topological polar surface area (TPSA) is 52.5 Å². The molecular formula is C21H23FN2O3. The van der Waals surface area contributed by atoms with Gasteiger partial charge in [0, 0.05) is 23.3 Å². The van der Waals surface area contributed by atoms with Gasteiger partial charge in [-0.15, -0.1) is 0 Å². The van der Waals surface area contributed by atoms with Gasteiger partial charge in [0.25, 0.3) is 0 Å². The molecule has 142 valence electrons. The number of ether oxygens (including phenoxy) is 2. The average molecular weight is 370 g/mol. The molecule has 0 bridgehead atoms. The highest BCUT2D eigenvalue weighted by Crippen LogP contribution is 2.28. The second kappa shape index (κ2) is 7.31. The third-order valence-electron chi connectivity index (χ3n) is 4.03. The van der Waals surface area contributed by atoms with Crippen molar-refractivity contribution in [2.75, 3.05) is 12.4 Å². The monoisotopic (exact) mass is 370 g/mol. The predicted molar refractivity (Wildman–Crippen MR) is 104 cm³/mol. The Morgan fingerprint density at radius 1 is 1.19 bits per heavy atom. The molecule has 3 aromatic rings. The van der Waals surface area contributed by atoms with Crippen LogP contribution in [0.4, 0.5) is 14.9 Å². The van der Waals surface area contributed by atoms with Crippen LogP contribution in [0.25, 0.3) is 10.9 Å². The Bertz CT molecular complexity index is 973. The fourth-order valence-corrected chi connectivity index (χ4v) is 2.88. The van der Waals surface area contributed by atoms with Crippen LogP contribution in [0.2, 0.25) is 0 Å². The molecule has 0 saturated heterocycles. The lowest BCUT2D eigenvalue weighted by Crippen LogP contribution is -2.27. The van der Waals surface area contributed by atoms with Gasteiger partial charge in [-0.2, -0.15) is 0 Å². The van der Waals surface area contributed by atoms with Gasteiger partial charge in [0.2, 0.25) is 0 Å². The first-order valence-electron chi connectivity index (χ1n) is 8.67. The maximum atomic E-state index is 14.4. The number of para-hydroxylation sites is 1. The first-order chi connectivity index (χ1) is 12.8. The highest BCUT2D eigenvalue weighted by Gasteiger charge is 2.19. The summed E-state index contributed by atoms with van der Waals surface area (Å²) in [6.45, 7) is 5.72. The molecule has 2 aromatic carbocycles. The van der Waals surface area contributed by atoms with E-state index in [2.05, 4.69) is 5.32 Å². The van der Waals surface area contributed by atoms with Gasteiger partial charge in [-0.25, -0.2) is 9.18 Å². The van der Waals surface area contributed by atoms with Crippen molar-refractivity contribution in [1.29, 1.82) is 0 Å². The molecule has 1 amide bonds.